The Morgan fingerprint density at radius 3 is 3.18 bits per heavy atom. The largest absolute Gasteiger partial charge is 0.383 e. The molecule has 1 N–H and O–H groups in total. The number of nitrogens with one attached hydrogen (secondary N) is 1. The maximum atomic E-state index is 11.1. The minimum Gasteiger partial charge on any atom is -0.383 e. The Kier molecular flexibility index (Phi) is 3.16. The molecule has 0 aromatic heterocycles. The molecule has 1 aliphatic rings. The summed E-state index contributed by atoms with van der Waals surface area (Å²) >= 11 is 0. The standard InChI is InChI=1S/C7H14N2O2/c1-11-6-5-9-4-2-3-8-7(9)10/h2-6H2,1H3,(H,8,10). The number of methoxy groups -OCH3 is 1. The molecular weight excluding hydrogens is 144 g/mol. The molecule has 11 heavy (non-hydrogen) atoms. The van der Waals surface area contributed by atoms with Crippen molar-refractivity contribution in [3.05, 3.63) is 0 Å². The van der Waals surface area contributed by atoms with E-state index in [0.29, 0.717) is 13.2 Å². The van der Waals surface area contributed by atoms with E-state index in [-0.39, 0.29) is 6.03 Å². The van der Waals surface area contributed by atoms with Crippen molar-refractivity contribution in [1.29, 1.82) is 0 Å². The minimum absolute atomic E-state index is 0.0355. The fourth-order valence-corrected chi connectivity index (χ4v) is 1.09. The monoisotopic (exact) mass is 158 g/mol. The molecule has 4 heteroatoms. The molecule has 1 saturated heterocycles. The lowest BCUT2D eigenvalue weighted by atomic mass is 10.3. The van der Waals surface area contributed by atoms with Crippen LogP contribution in [0.15, 0.2) is 0 Å². The zero-order chi connectivity index (χ0) is 8.10. The number of hydrogen-bond acceptors (Lipinski definition) is 2. The fourth-order valence-electron chi connectivity index (χ4n) is 1.09. The molecule has 0 radical (unpaired) electrons. The lowest BCUT2D eigenvalue weighted by molar-refractivity contribution is 0.142. The van der Waals surface area contributed by atoms with Gasteiger partial charge in [-0.1, -0.05) is 0 Å². The first-order valence-corrected chi connectivity index (χ1v) is 3.86. The highest BCUT2D eigenvalue weighted by molar-refractivity contribution is 5.74. The van der Waals surface area contributed by atoms with Gasteiger partial charge in [-0.15, -0.1) is 0 Å². The van der Waals surface area contributed by atoms with Crippen molar-refractivity contribution >= 4 is 6.03 Å². The molecule has 0 unspecified atom stereocenters. The van der Waals surface area contributed by atoms with E-state index in [9.17, 15) is 4.79 Å². The normalized spacial score (nSPS) is 18.3. The van der Waals surface area contributed by atoms with E-state index in [1.807, 2.05) is 0 Å². The van der Waals surface area contributed by atoms with Crippen LogP contribution < -0.4 is 5.32 Å². The van der Waals surface area contributed by atoms with Crippen LogP contribution in [0.1, 0.15) is 6.42 Å². The predicted octanol–water partition coefficient (Wildman–Crippen LogP) is 0.0481. The topological polar surface area (TPSA) is 41.6 Å². The van der Waals surface area contributed by atoms with Crippen LogP contribution in [0.3, 0.4) is 0 Å². The van der Waals surface area contributed by atoms with Gasteiger partial charge in [-0.2, -0.15) is 0 Å². The highest BCUT2D eigenvalue weighted by Gasteiger charge is 2.15. The predicted molar refractivity (Wildman–Crippen MR) is 41.5 cm³/mol. The molecule has 0 spiro atoms. The van der Waals surface area contributed by atoms with Crippen molar-refractivity contribution in [3.63, 3.8) is 0 Å². The molecule has 0 aromatic carbocycles. The first-order valence-electron chi connectivity index (χ1n) is 3.86. The van der Waals surface area contributed by atoms with Crippen LogP contribution in [0.2, 0.25) is 0 Å². The van der Waals surface area contributed by atoms with Crippen molar-refractivity contribution in [2.75, 3.05) is 33.4 Å². The van der Waals surface area contributed by atoms with E-state index in [0.717, 1.165) is 19.5 Å². The van der Waals surface area contributed by atoms with E-state index in [1.165, 1.54) is 0 Å². The molecule has 0 atom stereocenters. The van der Waals surface area contributed by atoms with E-state index in [4.69, 9.17) is 4.74 Å². The molecule has 1 fully saturated rings. The quantitative estimate of drug-likeness (QED) is 0.630. The number of carbonyl (C=O) groups is 1. The first-order chi connectivity index (χ1) is 5.34. The Hall–Kier alpha value is -0.770. The average molecular weight is 158 g/mol. The zero-order valence-corrected chi connectivity index (χ0v) is 6.80. The Morgan fingerprint density at radius 1 is 1.73 bits per heavy atom. The summed E-state index contributed by atoms with van der Waals surface area (Å²) in [4.78, 5) is 12.8. The van der Waals surface area contributed by atoms with Gasteiger partial charge in [0.2, 0.25) is 0 Å². The van der Waals surface area contributed by atoms with E-state index >= 15 is 0 Å². The molecule has 4 nitrogen and oxygen atoms in total. The van der Waals surface area contributed by atoms with Crippen molar-refractivity contribution < 1.29 is 9.53 Å². The first kappa shape index (κ1) is 8.33. The number of nitrogens with zero attached hydrogens (tertiary/aromatic N) is 1. The van der Waals surface area contributed by atoms with Crippen LogP contribution >= 0.6 is 0 Å². The van der Waals surface area contributed by atoms with Crippen LogP contribution in [0.5, 0.6) is 0 Å². The Bertz CT molecular complexity index is 138. The Labute approximate surface area is 66.5 Å². The smallest absolute Gasteiger partial charge is 0.317 e. The van der Waals surface area contributed by atoms with Crippen molar-refractivity contribution in [2.24, 2.45) is 0 Å². The molecule has 0 aliphatic carbocycles. The van der Waals surface area contributed by atoms with Gasteiger partial charge in [-0.25, -0.2) is 4.79 Å². The van der Waals surface area contributed by atoms with E-state index < -0.39 is 0 Å². The molecule has 1 rings (SSSR count). The lowest BCUT2D eigenvalue weighted by Crippen LogP contribution is -2.47. The van der Waals surface area contributed by atoms with E-state index in [1.54, 1.807) is 12.0 Å². The summed E-state index contributed by atoms with van der Waals surface area (Å²) in [7, 11) is 1.64. The van der Waals surface area contributed by atoms with E-state index in [2.05, 4.69) is 5.32 Å². The number of urea groups is 1. The second kappa shape index (κ2) is 4.18. The van der Waals surface area contributed by atoms with Gasteiger partial charge < -0.3 is 15.0 Å². The molecule has 2 amide bonds. The van der Waals surface area contributed by atoms with Gasteiger partial charge in [0.15, 0.2) is 0 Å². The van der Waals surface area contributed by atoms with Gasteiger partial charge in [0, 0.05) is 26.7 Å². The van der Waals surface area contributed by atoms with Crippen LogP contribution in [-0.4, -0.2) is 44.3 Å². The van der Waals surface area contributed by atoms with Crippen molar-refractivity contribution in [1.82, 2.24) is 10.2 Å². The lowest BCUT2D eigenvalue weighted by Gasteiger charge is -2.26. The molecule has 64 valence electrons. The van der Waals surface area contributed by atoms with Gasteiger partial charge in [0.1, 0.15) is 0 Å². The minimum atomic E-state index is 0.0355. The third kappa shape index (κ3) is 2.38. The summed E-state index contributed by atoms with van der Waals surface area (Å²) < 4.78 is 4.87. The Balaban J connectivity index is 2.24. The number of hydrogen-bond donors (Lipinski definition) is 1. The molecular formula is C7H14N2O2. The number of rotatable bonds is 3. The van der Waals surface area contributed by atoms with Crippen LogP contribution in [0.25, 0.3) is 0 Å². The van der Waals surface area contributed by atoms with Gasteiger partial charge in [-0.3, -0.25) is 0 Å². The number of ether oxygens (including phenoxy) is 1. The summed E-state index contributed by atoms with van der Waals surface area (Å²) in [5, 5.41) is 2.77. The van der Waals surface area contributed by atoms with Gasteiger partial charge in [0.05, 0.1) is 6.61 Å². The second-order valence-corrected chi connectivity index (χ2v) is 2.57. The molecule has 0 saturated carbocycles. The summed E-state index contributed by atoms with van der Waals surface area (Å²) in [6.45, 7) is 2.98. The van der Waals surface area contributed by atoms with Gasteiger partial charge in [-0.05, 0) is 6.42 Å². The average Bonchev–Trinajstić information content (AvgIpc) is 2.03. The van der Waals surface area contributed by atoms with Crippen LogP contribution in [0, 0.1) is 0 Å². The third-order valence-corrected chi connectivity index (χ3v) is 1.73. The summed E-state index contributed by atoms with van der Waals surface area (Å²) in [5.74, 6) is 0. The molecule has 1 aliphatic heterocycles. The van der Waals surface area contributed by atoms with Crippen LogP contribution in [0.4, 0.5) is 4.79 Å². The molecule has 0 aromatic rings. The van der Waals surface area contributed by atoms with Crippen molar-refractivity contribution in [2.45, 2.75) is 6.42 Å². The van der Waals surface area contributed by atoms with Gasteiger partial charge >= 0.3 is 6.03 Å². The number of carbonyl (C=O) groups excluding carboxylic acids is 1. The maximum absolute atomic E-state index is 11.1. The van der Waals surface area contributed by atoms with Crippen molar-refractivity contribution in [3.8, 4) is 0 Å². The molecule has 1 heterocycles. The van der Waals surface area contributed by atoms with Gasteiger partial charge in [0.25, 0.3) is 0 Å². The number of amides is 2. The maximum Gasteiger partial charge on any atom is 0.317 e. The molecule has 0 bridgehead atoms. The zero-order valence-electron chi connectivity index (χ0n) is 6.80. The highest BCUT2D eigenvalue weighted by atomic mass is 16.5. The SMILES string of the molecule is COCCN1CCCNC1=O. The fraction of sp³-hybridized carbons (Fsp3) is 0.857. The summed E-state index contributed by atoms with van der Waals surface area (Å²) in [5.41, 5.74) is 0. The second-order valence-electron chi connectivity index (χ2n) is 2.57. The summed E-state index contributed by atoms with van der Waals surface area (Å²) in [6, 6.07) is 0.0355. The highest BCUT2D eigenvalue weighted by Crippen LogP contribution is 1.97. The summed E-state index contributed by atoms with van der Waals surface area (Å²) in [6.07, 6.45) is 1.04. The Morgan fingerprint density at radius 2 is 2.55 bits per heavy atom. The third-order valence-electron chi connectivity index (χ3n) is 1.73. The van der Waals surface area contributed by atoms with Crippen LogP contribution in [-0.2, 0) is 4.74 Å².